The summed E-state index contributed by atoms with van der Waals surface area (Å²) < 4.78 is 0. The predicted octanol–water partition coefficient (Wildman–Crippen LogP) is 5.23. The Morgan fingerprint density at radius 1 is 1.30 bits per heavy atom. The van der Waals surface area contributed by atoms with Gasteiger partial charge in [-0.1, -0.05) is 31.6 Å². The monoisotopic (exact) mass is 372 g/mol. The van der Waals surface area contributed by atoms with Crippen molar-refractivity contribution in [3.63, 3.8) is 0 Å². The molecule has 0 bridgehead atoms. The predicted molar refractivity (Wildman–Crippen MR) is 106 cm³/mol. The van der Waals surface area contributed by atoms with Crippen LogP contribution in [0.3, 0.4) is 0 Å². The van der Waals surface area contributed by atoms with E-state index in [0.29, 0.717) is 11.6 Å². The lowest BCUT2D eigenvalue weighted by Crippen LogP contribution is -2.26. The van der Waals surface area contributed by atoms with E-state index in [1.54, 1.807) is 6.92 Å². The van der Waals surface area contributed by atoms with E-state index in [0.717, 1.165) is 18.9 Å². The summed E-state index contributed by atoms with van der Waals surface area (Å²) in [5.74, 6) is 0.310. The third-order valence-electron chi connectivity index (χ3n) is 4.86. The standard InChI is InChI=1S/C19H24N4O4/c1-13-6-5-11-19(3,4)16(13)9-7-14(2)20-21-17-10-8-15(22(24)25)12-18(17)23(26)27/h6-10,12,16,21H,5,11H2,1-4H3/b9-7?,20-14-. The summed E-state index contributed by atoms with van der Waals surface area (Å²) in [6, 6.07) is 3.41. The first kappa shape index (κ1) is 20.3. The minimum atomic E-state index is -0.672. The molecule has 0 aromatic heterocycles. The van der Waals surface area contributed by atoms with Crippen LogP contribution in [0.4, 0.5) is 17.1 Å². The van der Waals surface area contributed by atoms with Gasteiger partial charge in [-0.3, -0.25) is 25.7 Å². The van der Waals surface area contributed by atoms with E-state index in [4.69, 9.17) is 0 Å². The normalized spacial score (nSPS) is 19.6. The molecule has 2 rings (SSSR count). The summed E-state index contributed by atoms with van der Waals surface area (Å²) in [5.41, 5.74) is 4.16. The molecule has 0 aliphatic heterocycles. The van der Waals surface area contributed by atoms with Gasteiger partial charge in [0.25, 0.3) is 5.69 Å². The Kier molecular flexibility index (Phi) is 6.09. The molecule has 0 radical (unpaired) electrons. The molecule has 0 fully saturated rings. The van der Waals surface area contributed by atoms with Crippen LogP contribution in [0.15, 0.2) is 47.1 Å². The van der Waals surface area contributed by atoms with E-state index < -0.39 is 15.5 Å². The highest BCUT2D eigenvalue weighted by molar-refractivity contribution is 5.93. The van der Waals surface area contributed by atoms with Gasteiger partial charge in [0.05, 0.1) is 21.6 Å². The van der Waals surface area contributed by atoms with Crippen LogP contribution in [0.5, 0.6) is 0 Å². The van der Waals surface area contributed by atoms with Crippen LogP contribution in [-0.4, -0.2) is 15.6 Å². The minimum Gasteiger partial charge on any atom is -0.271 e. The van der Waals surface area contributed by atoms with Crippen molar-refractivity contribution in [1.82, 2.24) is 0 Å². The molecule has 1 aromatic carbocycles. The minimum absolute atomic E-state index is 0.104. The first-order chi connectivity index (χ1) is 12.6. The van der Waals surface area contributed by atoms with Crippen LogP contribution in [0.2, 0.25) is 0 Å². The number of nitro benzene ring substituents is 2. The second-order valence-electron chi connectivity index (χ2n) is 7.39. The molecule has 0 saturated carbocycles. The van der Waals surface area contributed by atoms with E-state index in [2.05, 4.69) is 43.5 Å². The molecular weight excluding hydrogens is 348 g/mol. The molecule has 8 heteroatoms. The molecule has 1 aliphatic rings. The third-order valence-corrected chi connectivity index (χ3v) is 4.86. The molecule has 1 atom stereocenters. The van der Waals surface area contributed by atoms with Gasteiger partial charge in [-0.15, -0.1) is 0 Å². The Morgan fingerprint density at radius 3 is 2.59 bits per heavy atom. The summed E-state index contributed by atoms with van der Waals surface area (Å²) in [6.45, 7) is 8.39. The van der Waals surface area contributed by atoms with Gasteiger partial charge in [-0.05, 0) is 44.2 Å². The number of nitro groups is 2. The molecule has 8 nitrogen and oxygen atoms in total. The zero-order chi connectivity index (χ0) is 20.2. The van der Waals surface area contributed by atoms with Crippen LogP contribution < -0.4 is 5.43 Å². The zero-order valence-corrected chi connectivity index (χ0v) is 15.9. The molecular formula is C19H24N4O4. The second-order valence-corrected chi connectivity index (χ2v) is 7.39. The number of rotatable bonds is 6. The molecule has 0 spiro atoms. The van der Waals surface area contributed by atoms with E-state index in [1.165, 1.54) is 17.7 Å². The second kappa shape index (κ2) is 8.11. The summed E-state index contributed by atoms with van der Waals surface area (Å²) in [5, 5.41) is 26.1. The lowest BCUT2D eigenvalue weighted by molar-refractivity contribution is -0.393. The van der Waals surface area contributed by atoms with Crippen LogP contribution >= 0.6 is 0 Å². The number of nitrogens with one attached hydrogen (secondary N) is 1. The Morgan fingerprint density at radius 2 is 2.00 bits per heavy atom. The number of hydrogen-bond acceptors (Lipinski definition) is 6. The molecule has 1 unspecified atom stereocenters. The lowest BCUT2D eigenvalue weighted by Gasteiger charge is -2.36. The van der Waals surface area contributed by atoms with Gasteiger partial charge in [0, 0.05) is 12.0 Å². The average molecular weight is 372 g/mol. The van der Waals surface area contributed by atoms with Gasteiger partial charge in [0.2, 0.25) is 0 Å². The van der Waals surface area contributed by atoms with E-state index >= 15 is 0 Å². The highest BCUT2D eigenvalue weighted by Crippen LogP contribution is 2.41. The van der Waals surface area contributed by atoms with Crippen molar-refractivity contribution in [3.8, 4) is 0 Å². The maximum Gasteiger partial charge on any atom is 0.301 e. The van der Waals surface area contributed by atoms with Gasteiger partial charge in [0.1, 0.15) is 5.69 Å². The Hall–Kier alpha value is -3.03. The fraction of sp³-hybridized carbons (Fsp3) is 0.421. The van der Waals surface area contributed by atoms with Crippen molar-refractivity contribution in [3.05, 3.63) is 62.2 Å². The summed E-state index contributed by atoms with van der Waals surface area (Å²) in [6.07, 6.45) is 8.45. The summed E-state index contributed by atoms with van der Waals surface area (Å²) in [7, 11) is 0. The van der Waals surface area contributed by atoms with Gasteiger partial charge in [-0.2, -0.15) is 5.10 Å². The zero-order valence-electron chi connectivity index (χ0n) is 15.9. The number of benzene rings is 1. The molecule has 0 amide bonds. The Bertz CT molecular complexity index is 840. The van der Waals surface area contributed by atoms with Crippen LogP contribution in [0.25, 0.3) is 0 Å². The molecule has 0 heterocycles. The molecule has 1 aliphatic carbocycles. The molecule has 144 valence electrons. The van der Waals surface area contributed by atoms with Gasteiger partial charge in [0.15, 0.2) is 0 Å². The van der Waals surface area contributed by atoms with Crippen molar-refractivity contribution in [2.24, 2.45) is 16.4 Å². The molecule has 27 heavy (non-hydrogen) atoms. The first-order valence-corrected chi connectivity index (χ1v) is 8.70. The lowest BCUT2D eigenvalue weighted by atomic mass is 9.68. The van der Waals surface area contributed by atoms with Crippen LogP contribution in [0.1, 0.15) is 40.5 Å². The van der Waals surface area contributed by atoms with Crippen LogP contribution in [-0.2, 0) is 0 Å². The molecule has 0 saturated heterocycles. The van der Waals surface area contributed by atoms with E-state index in [-0.39, 0.29) is 16.8 Å². The van der Waals surface area contributed by atoms with Crippen molar-refractivity contribution in [1.29, 1.82) is 0 Å². The SMILES string of the molecule is CC1=CCCC(C)(C)C1C=C/C(C)=N\Nc1ccc([N+](=O)[O-])cc1[N+](=O)[O-]. The smallest absolute Gasteiger partial charge is 0.271 e. The van der Waals surface area contributed by atoms with Crippen molar-refractivity contribution < 1.29 is 9.85 Å². The number of non-ortho nitro benzene ring substituents is 1. The van der Waals surface area contributed by atoms with E-state index in [1.807, 2.05) is 6.08 Å². The van der Waals surface area contributed by atoms with Crippen molar-refractivity contribution >= 4 is 22.8 Å². The van der Waals surface area contributed by atoms with E-state index in [9.17, 15) is 20.2 Å². The number of hydrazone groups is 1. The van der Waals surface area contributed by atoms with Gasteiger partial charge >= 0.3 is 5.69 Å². The summed E-state index contributed by atoms with van der Waals surface area (Å²) in [4.78, 5) is 20.6. The largest absolute Gasteiger partial charge is 0.301 e. The highest BCUT2D eigenvalue weighted by Gasteiger charge is 2.30. The maximum atomic E-state index is 11.2. The third kappa shape index (κ3) is 4.99. The topological polar surface area (TPSA) is 111 Å². The number of nitrogens with zero attached hydrogens (tertiary/aromatic N) is 3. The number of hydrogen-bond donors (Lipinski definition) is 1. The van der Waals surface area contributed by atoms with Gasteiger partial charge in [-0.25, -0.2) is 0 Å². The highest BCUT2D eigenvalue weighted by atomic mass is 16.6. The fourth-order valence-corrected chi connectivity index (χ4v) is 3.28. The Balaban J connectivity index is 2.18. The molecule has 1 N–H and O–H groups in total. The first-order valence-electron chi connectivity index (χ1n) is 8.70. The maximum absolute atomic E-state index is 11.2. The van der Waals surface area contributed by atoms with Crippen LogP contribution in [0, 0.1) is 31.6 Å². The number of anilines is 1. The Labute approximate surface area is 158 Å². The van der Waals surface area contributed by atoms with Gasteiger partial charge < -0.3 is 0 Å². The van der Waals surface area contributed by atoms with Crippen molar-refractivity contribution in [2.75, 3.05) is 5.43 Å². The fourth-order valence-electron chi connectivity index (χ4n) is 3.28. The average Bonchev–Trinajstić information content (AvgIpc) is 2.58. The quantitative estimate of drug-likeness (QED) is 0.318. The number of allylic oxidation sites excluding steroid dienone is 4. The van der Waals surface area contributed by atoms with Crippen molar-refractivity contribution in [2.45, 2.75) is 40.5 Å². The molecule has 1 aromatic rings. The summed E-state index contributed by atoms with van der Waals surface area (Å²) >= 11 is 0.